The van der Waals surface area contributed by atoms with Gasteiger partial charge in [0.15, 0.2) is 0 Å². The summed E-state index contributed by atoms with van der Waals surface area (Å²) in [7, 11) is 0. The van der Waals surface area contributed by atoms with Gasteiger partial charge in [-0.25, -0.2) is 9.59 Å². The quantitative estimate of drug-likeness (QED) is 0.263. The van der Waals surface area contributed by atoms with E-state index in [2.05, 4.69) is 5.32 Å². The molecule has 2 aliphatic rings. The van der Waals surface area contributed by atoms with Crippen molar-refractivity contribution in [3.8, 4) is 0 Å². The standard InChI is InChI=1S/C33H32F6N2O5/c1-21(23-16-25(32(34,35)36)18-26(17-23)33(37,38)39)46-20-31(24-10-6-3-7-11-24)14-12-27-28(13-15-44-29(42)40-27)41(31)30(43)45-19-22-8-4-2-5-9-22/h2-11,16-18,21,27-28H,12-15,19-20H2,1H3,(H,40,42)/t21-,27?,28-,31-/m1/s1. The summed E-state index contributed by atoms with van der Waals surface area (Å²) in [6, 6.07) is 18.0. The summed E-state index contributed by atoms with van der Waals surface area (Å²) in [5.74, 6) is 0. The Morgan fingerprint density at radius 1 is 0.957 bits per heavy atom. The van der Waals surface area contributed by atoms with Crippen molar-refractivity contribution in [2.75, 3.05) is 13.2 Å². The summed E-state index contributed by atoms with van der Waals surface area (Å²) >= 11 is 0. The van der Waals surface area contributed by atoms with E-state index in [4.69, 9.17) is 14.2 Å². The van der Waals surface area contributed by atoms with Crippen LogP contribution in [0.3, 0.4) is 0 Å². The van der Waals surface area contributed by atoms with Gasteiger partial charge in [0.2, 0.25) is 0 Å². The predicted molar refractivity (Wildman–Crippen MR) is 153 cm³/mol. The van der Waals surface area contributed by atoms with Gasteiger partial charge in [-0.15, -0.1) is 0 Å². The van der Waals surface area contributed by atoms with Crippen LogP contribution >= 0.6 is 0 Å². The van der Waals surface area contributed by atoms with Crippen LogP contribution in [0.4, 0.5) is 35.9 Å². The average Bonchev–Trinajstić information content (AvgIpc) is 3.22. The SMILES string of the molecule is C[C@@H](OC[C@@]1(c2ccccc2)CCC2NC(=O)OCC[C@H]2N1C(=O)OCc1ccccc1)c1cc(C(F)(F)F)cc(C(F)(F)F)c1. The van der Waals surface area contributed by atoms with E-state index < -0.39 is 59.4 Å². The molecule has 1 N–H and O–H groups in total. The van der Waals surface area contributed by atoms with Crippen molar-refractivity contribution in [3.05, 3.63) is 107 Å². The van der Waals surface area contributed by atoms with E-state index in [0.717, 1.165) is 5.56 Å². The molecule has 2 amide bonds. The van der Waals surface area contributed by atoms with Gasteiger partial charge < -0.3 is 19.5 Å². The minimum Gasteiger partial charge on any atom is -0.449 e. The Morgan fingerprint density at radius 3 is 2.17 bits per heavy atom. The number of hydrogen-bond donors (Lipinski definition) is 1. The van der Waals surface area contributed by atoms with E-state index in [9.17, 15) is 35.9 Å². The van der Waals surface area contributed by atoms with Crippen molar-refractivity contribution in [2.45, 2.75) is 68.9 Å². The van der Waals surface area contributed by atoms with E-state index in [1.807, 2.05) is 6.07 Å². The number of fused-ring (bicyclic) bond motifs is 1. The van der Waals surface area contributed by atoms with Gasteiger partial charge in [0.25, 0.3) is 0 Å². The Kier molecular flexibility index (Phi) is 9.52. The predicted octanol–water partition coefficient (Wildman–Crippen LogP) is 8.00. The van der Waals surface area contributed by atoms with E-state index in [0.29, 0.717) is 24.1 Å². The Balaban J connectivity index is 1.53. The van der Waals surface area contributed by atoms with Gasteiger partial charge in [0, 0.05) is 6.42 Å². The highest BCUT2D eigenvalue weighted by Gasteiger charge is 2.53. The normalized spacial score (nSPS) is 22.6. The summed E-state index contributed by atoms with van der Waals surface area (Å²) in [5, 5.41) is 2.80. The molecule has 2 heterocycles. The summed E-state index contributed by atoms with van der Waals surface area (Å²) < 4.78 is 98.8. The van der Waals surface area contributed by atoms with Crippen LogP contribution in [0.25, 0.3) is 0 Å². The van der Waals surface area contributed by atoms with E-state index in [1.165, 1.54) is 11.8 Å². The molecule has 0 saturated carbocycles. The fourth-order valence-corrected chi connectivity index (χ4v) is 6.10. The number of likely N-dealkylation sites (tertiary alicyclic amines) is 1. The minimum atomic E-state index is -5.02. The van der Waals surface area contributed by atoms with E-state index >= 15 is 0 Å². The molecule has 1 unspecified atom stereocenters. The van der Waals surface area contributed by atoms with Crippen molar-refractivity contribution >= 4 is 12.2 Å². The van der Waals surface area contributed by atoms with Crippen LogP contribution in [0.2, 0.25) is 0 Å². The smallest absolute Gasteiger partial charge is 0.416 e. The third-order valence-electron chi connectivity index (χ3n) is 8.44. The fraction of sp³-hybridized carbons (Fsp3) is 0.394. The first kappa shape index (κ1) is 33.1. The van der Waals surface area contributed by atoms with E-state index in [-0.39, 0.29) is 44.3 Å². The van der Waals surface area contributed by atoms with Crippen molar-refractivity contribution < 1.29 is 50.1 Å². The van der Waals surface area contributed by atoms with Crippen molar-refractivity contribution in [1.29, 1.82) is 0 Å². The molecule has 2 aliphatic heterocycles. The number of nitrogens with zero attached hydrogens (tertiary/aromatic N) is 1. The number of carbonyl (C=O) groups is 2. The number of nitrogens with one attached hydrogen (secondary N) is 1. The second-order valence-corrected chi connectivity index (χ2v) is 11.4. The Bertz CT molecular complexity index is 1490. The summed E-state index contributed by atoms with van der Waals surface area (Å²) in [6.45, 7) is 0.997. The van der Waals surface area contributed by atoms with Crippen LogP contribution in [-0.2, 0) is 38.7 Å². The second-order valence-electron chi connectivity index (χ2n) is 11.4. The molecule has 5 rings (SSSR count). The first-order valence-corrected chi connectivity index (χ1v) is 14.7. The number of hydrogen-bond acceptors (Lipinski definition) is 5. The van der Waals surface area contributed by atoms with Gasteiger partial charge in [-0.1, -0.05) is 60.7 Å². The monoisotopic (exact) mass is 650 g/mol. The molecule has 3 aromatic carbocycles. The minimum absolute atomic E-state index is 0.00203. The summed E-state index contributed by atoms with van der Waals surface area (Å²) in [6.07, 6.45) is -11.8. The number of amides is 2. The number of alkyl carbamates (subject to hydrolysis) is 1. The number of ether oxygens (including phenoxy) is 3. The van der Waals surface area contributed by atoms with Crippen molar-refractivity contribution in [1.82, 2.24) is 10.2 Å². The molecule has 0 bridgehead atoms. The van der Waals surface area contributed by atoms with Crippen LogP contribution in [-0.4, -0.2) is 42.4 Å². The molecular weight excluding hydrogens is 618 g/mol. The zero-order chi connectivity index (χ0) is 33.1. The highest BCUT2D eigenvalue weighted by molar-refractivity contribution is 5.72. The maximum atomic E-state index is 14.1. The van der Waals surface area contributed by atoms with Crippen LogP contribution in [0, 0.1) is 0 Å². The second kappa shape index (κ2) is 13.2. The number of alkyl halides is 6. The van der Waals surface area contributed by atoms with Gasteiger partial charge in [0.1, 0.15) is 6.61 Å². The van der Waals surface area contributed by atoms with Crippen LogP contribution in [0.5, 0.6) is 0 Å². The van der Waals surface area contributed by atoms with Gasteiger partial charge in [-0.3, -0.25) is 4.90 Å². The fourth-order valence-electron chi connectivity index (χ4n) is 6.10. The molecular formula is C33H32F6N2O5. The summed E-state index contributed by atoms with van der Waals surface area (Å²) in [4.78, 5) is 27.8. The van der Waals surface area contributed by atoms with Crippen LogP contribution < -0.4 is 5.32 Å². The molecule has 0 radical (unpaired) electrons. The van der Waals surface area contributed by atoms with Crippen molar-refractivity contribution in [2.24, 2.45) is 0 Å². The lowest BCUT2D eigenvalue weighted by molar-refractivity contribution is -0.143. The highest BCUT2D eigenvalue weighted by atomic mass is 19.4. The maximum absolute atomic E-state index is 14.1. The molecule has 0 aliphatic carbocycles. The Morgan fingerprint density at radius 2 is 1.57 bits per heavy atom. The first-order chi connectivity index (χ1) is 21.8. The third-order valence-corrected chi connectivity index (χ3v) is 8.44. The Hall–Kier alpha value is -4.26. The van der Waals surface area contributed by atoms with Crippen LogP contribution in [0.1, 0.15) is 60.1 Å². The van der Waals surface area contributed by atoms with Gasteiger partial charge in [0.05, 0.1) is 48.1 Å². The third kappa shape index (κ3) is 7.24. The average molecular weight is 651 g/mol. The molecule has 46 heavy (non-hydrogen) atoms. The number of piperidine rings is 1. The number of benzene rings is 3. The number of halogens is 6. The topological polar surface area (TPSA) is 77.1 Å². The summed E-state index contributed by atoms with van der Waals surface area (Å²) in [5.41, 5.74) is -3.16. The molecule has 3 aromatic rings. The zero-order valence-electron chi connectivity index (χ0n) is 24.7. The molecule has 7 nitrogen and oxygen atoms in total. The van der Waals surface area contributed by atoms with Gasteiger partial charge in [-0.05, 0) is 54.7 Å². The highest BCUT2D eigenvalue weighted by Crippen LogP contribution is 2.44. The lowest BCUT2D eigenvalue weighted by atomic mass is 9.76. The molecule has 0 aromatic heterocycles. The Labute approximate surface area is 261 Å². The molecule has 246 valence electrons. The number of rotatable bonds is 7. The lowest BCUT2D eigenvalue weighted by Gasteiger charge is -2.53. The van der Waals surface area contributed by atoms with Gasteiger partial charge >= 0.3 is 24.5 Å². The molecule has 2 fully saturated rings. The maximum Gasteiger partial charge on any atom is 0.416 e. The van der Waals surface area contributed by atoms with Crippen LogP contribution in [0.15, 0.2) is 78.9 Å². The van der Waals surface area contributed by atoms with Crippen molar-refractivity contribution in [3.63, 3.8) is 0 Å². The number of cyclic esters (lactones) is 1. The molecule has 0 spiro atoms. The molecule has 2 saturated heterocycles. The van der Waals surface area contributed by atoms with Gasteiger partial charge in [-0.2, -0.15) is 26.3 Å². The first-order valence-electron chi connectivity index (χ1n) is 14.7. The van der Waals surface area contributed by atoms with E-state index in [1.54, 1.807) is 54.6 Å². The molecule has 13 heteroatoms. The zero-order valence-corrected chi connectivity index (χ0v) is 24.7. The number of carbonyl (C=O) groups excluding carboxylic acids is 2. The molecule has 4 atom stereocenters. The lowest BCUT2D eigenvalue weighted by Crippen LogP contribution is -2.65. The largest absolute Gasteiger partial charge is 0.449 e.